The molecule has 0 aromatic heterocycles. The molecular formula is C14H12Cl2. The zero-order chi connectivity index (χ0) is 11.7. The van der Waals surface area contributed by atoms with Gasteiger partial charge in [0, 0.05) is 16.1 Å². The standard InChI is InChI=1S/C14H12Cl2/c1-9-7-8-12(14(16)10(9)2)11-5-3-4-6-13(11)15/h3-8H,1-2H3. The Balaban J connectivity index is 2.66. The number of hydrogen-bond acceptors (Lipinski definition) is 0. The van der Waals surface area contributed by atoms with Crippen LogP contribution in [0.4, 0.5) is 0 Å². The van der Waals surface area contributed by atoms with Crippen molar-refractivity contribution >= 4 is 23.2 Å². The van der Waals surface area contributed by atoms with Gasteiger partial charge in [-0.2, -0.15) is 0 Å². The highest BCUT2D eigenvalue weighted by molar-refractivity contribution is 6.37. The summed E-state index contributed by atoms with van der Waals surface area (Å²) in [6.45, 7) is 4.08. The smallest absolute Gasteiger partial charge is 0.0516 e. The number of rotatable bonds is 1. The molecule has 0 unspecified atom stereocenters. The van der Waals surface area contributed by atoms with E-state index in [1.807, 2.05) is 37.3 Å². The minimum absolute atomic E-state index is 0.729. The van der Waals surface area contributed by atoms with Gasteiger partial charge in [0.05, 0.1) is 5.02 Å². The second kappa shape index (κ2) is 4.48. The molecule has 0 heterocycles. The third-order valence-corrected chi connectivity index (χ3v) is 3.64. The van der Waals surface area contributed by atoms with Crippen LogP contribution in [0.2, 0.25) is 10.0 Å². The molecule has 0 radical (unpaired) electrons. The summed E-state index contributed by atoms with van der Waals surface area (Å²) in [5.74, 6) is 0. The van der Waals surface area contributed by atoms with E-state index in [4.69, 9.17) is 23.2 Å². The Morgan fingerprint density at radius 3 is 2.19 bits per heavy atom. The van der Waals surface area contributed by atoms with Crippen molar-refractivity contribution in [3.8, 4) is 11.1 Å². The Morgan fingerprint density at radius 2 is 1.50 bits per heavy atom. The van der Waals surface area contributed by atoms with Crippen molar-refractivity contribution in [2.75, 3.05) is 0 Å². The first-order chi connectivity index (χ1) is 7.61. The van der Waals surface area contributed by atoms with Gasteiger partial charge in [-0.3, -0.25) is 0 Å². The van der Waals surface area contributed by atoms with E-state index in [9.17, 15) is 0 Å². The van der Waals surface area contributed by atoms with Crippen molar-refractivity contribution in [1.29, 1.82) is 0 Å². The Kier molecular flexibility index (Phi) is 3.22. The fourth-order valence-corrected chi connectivity index (χ4v) is 2.22. The molecule has 16 heavy (non-hydrogen) atoms. The van der Waals surface area contributed by atoms with Gasteiger partial charge in [0.25, 0.3) is 0 Å². The quantitative estimate of drug-likeness (QED) is 0.647. The Bertz CT molecular complexity index is 530. The SMILES string of the molecule is Cc1ccc(-c2ccccc2Cl)c(Cl)c1C. The first-order valence-electron chi connectivity index (χ1n) is 5.12. The fraction of sp³-hybridized carbons (Fsp3) is 0.143. The topological polar surface area (TPSA) is 0 Å². The van der Waals surface area contributed by atoms with Crippen LogP contribution in [0, 0.1) is 13.8 Å². The second-order valence-corrected chi connectivity index (χ2v) is 4.63. The maximum atomic E-state index is 6.35. The van der Waals surface area contributed by atoms with Gasteiger partial charge in [-0.05, 0) is 31.0 Å². The molecule has 0 nitrogen and oxygen atoms in total. The average molecular weight is 251 g/mol. The zero-order valence-electron chi connectivity index (χ0n) is 9.22. The lowest BCUT2D eigenvalue weighted by atomic mass is 10.0. The summed E-state index contributed by atoms with van der Waals surface area (Å²) in [6, 6.07) is 11.8. The summed E-state index contributed by atoms with van der Waals surface area (Å²) in [7, 11) is 0. The molecule has 0 amide bonds. The minimum Gasteiger partial charge on any atom is -0.0837 e. The fourth-order valence-electron chi connectivity index (χ4n) is 1.67. The van der Waals surface area contributed by atoms with Gasteiger partial charge in [-0.1, -0.05) is 53.5 Å². The maximum Gasteiger partial charge on any atom is 0.0516 e. The summed E-state index contributed by atoms with van der Waals surface area (Å²) < 4.78 is 0. The Labute approximate surface area is 106 Å². The van der Waals surface area contributed by atoms with Crippen LogP contribution in [0.5, 0.6) is 0 Å². The van der Waals surface area contributed by atoms with E-state index in [1.54, 1.807) is 0 Å². The minimum atomic E-state index is 0.729. The Morgan fingerprint density at radius 1 is 0.812 bits per heavy atom. The van der Waals surface area contributed by atoms with Crippen LogP contribution in [-0.2, 0) is 0 Å². The number of benzene rings is 2. The van der Waals surface area contributed by atoms with Crippen molar-refractivity contribution in [2.24, 2.45) is 0 Å². The van der Waals surface area contributed by atoms with E-state index in [0.29, 0.717) is 0 Å². The van der Waals surface area contributed by atoms with E-state index < -0.39 is 0 Å². The normalized spacial score (nSPS) is 10.5. The molecule has 0 fully saturated rings. The maximum absolute atomic E-state index is 6.35. The third-order valence-electron chi connectivity index (χ3n) is 2.82. The van der Waals surface area contributed by atoms with Crippen LogP contribution in [0.1, 0.15) is 11.1 Å². The molecule has 0 aliphatic heterocycles. The van der Waals surface area contributed by atoms with Crippen LogP contribution in [-0.4, -0.2) is 0 Å². The summed E-state index contributed by atoms with van der Waals surface area (Å²) >= 11 is 12.5. The van der Waals surface area contributed by atoms with Crippen molar-refractivity contribution in [2.45, 2.75) is 13.8 Å². The van der Waals surface area contributed by atoms with Gasteiger partial charge in [0.15, 0.2) is 0 Å². The van der Waals surface area contributed by atoms with Gasteiger partial charge in [-0.25, -0.2) is 0 Å². The van der Waals surface area contributed by atoms with Crippen molar-refractivity contribution in [1.82, 2.24) is 0 Å². The highest BCUT2D eigenvalue weighted by Gasteiger charge is 2.09. The highest BCUT2D eigenvalue weighted by atomic mass is 35.5. The van der Waals surface area contributed by atoms with Gasteiger partial charge < -0.3 is 0 Å². The molecule has 0 spiro atoms. The number of aryl methyl sites for hydroxylation is 1. The predicted molar refractivity (Wildman–Crippen MR) is 71.4 cm³/mol. The van der Waals surface area contributed by atoms with Gasteiger partial charge in [0.2, 0.25) is 0 Å². The molecule has 2 rings (SSSR count). The van der Waals surface area contributed by atoms with Crippen molar-refractivity contribution in [3.63, 3.8) is 0 Å². The monoisotopic (exact) mass is 250 g/mol. The number of hydrogen-bond donors (Lipinski definition) is 0. The highest BCUT2D eigenvalue weighted by Crippen LogP contribution is 2.35. The van der Waals surface area contributed by atoms with E-state index in [1.165, 1.54) is 5.56 Å². The van der Waals surface area contributed by atoms with E-state index in [0.717, 1.165) is 26.7 Å². The van der Waals surface area contributed by atoms with Crippen molar-refractivity contribution in [3.05, 3.63) is 57.6 Å². The molecule has 0 N–H and O–H groups in total. The number of halogens is 2. The van der Waals surface area contributed by atoms with Crippen LogP contribution >= 0.6 is 23.2 Å². The van der Waals surface area contributed by atoms with Crippen molar-refractivity contribution < 1.29 is 0 Å². The second-order valence-electron chi connectivity index (χ2n) is 3.85. The first kappa shape index (κ1) is 11.5. The molecule has 2 aromatic carbocycles. The largest absolute Gasteiger partial charge is 0.0837 e. The van der Waals surface area contributed by atoms with Gasteiger partial charge in [0.1, 0.15) is 0 Å². The molecule has 0 atom stereocenters. The summed E-state index contributed by atoms with van der Waals surface area (Å²) in [6.07, 6.45) is 0. The summed E-state index contributed by atoms with van der Waals surface area (Å²) in [5, 5.41) is 1.51. The van der Waals surface area contributed by atoms with Crippen LogP contribution in [0.15, 0.2) is 36.4 Å². The van der Waals surface area contributed by atoms with Crippen LogP contribution in [0.25, 0.3) is 11.1 Å². The molecule has 0 saturated heterocycles. The van der Waals surface area contributed by atoms with Crippen LogP contribution in [0.3, 0.4) is 0 Å². The van der Waals surface area contributed by atoms with Gasteiger partial charge >= 0.3 is 0 Å². The molecule has 0 aliphatic rings. The third kappa shape index (κ3) is 1.95. The van der Waals surface area contributed by atoms with E-state index in [2.05, 4.69) is 13.0 Å². The molecule has 0 aliphatic carbocycles. The molecular weight excluding hydrogens is 239 g/mol. The average Bonchev–Trinajstić information content (AvgIpc) is 2.28. The summed E-state index contributed by atoms with van der Waals surface area (Å²) in [5.41, 5.74) is 4.28. The molecule has 2 heteroatoms. The molecule has 2 aromatic rings. The lowest BCUT2D eigenvalue weighted by Gasteiger charge is -2.10. The van der Waals surface area contributed by atoms with E-state index in [-0.39, 0.29) is 0 Å². The predicted octanol–water partition coefficient (Wildman–Crippen LogP) is 5.28. The lowest BCUT2D eigenvalue weighted by Crippen LogP contribution is -1.87. The summed E-state index contributed by atoms with van der Waals surface area (Å²) in [4.78, 5) is 0. The first-order valence-corrected chi connectivity index (χ1v) is 5.87. The lowest BCUT2D eigenvalue weighted by molar-refractivity contribution is 1.34. The zero-order valence-corrected chi connectivity index (χ0v) is 10.7. The molecule has 82 valence electrons. The van der Waals surface area contributed by atoms with Crippen LogP contribution < -0.4 is 0 Å². The molecule has 0 bridgehead atoms. The Hall–Kier alpha value is -0.980. The van der Waals surface area contributed by atoms with Gasteiger partial charge in [-0.15, -0.1) is 0 Å². The molecule has 0 saturated carbocycles. The van der Waals surface area contributed by atoms with E-state index >= 15 is 0 Å².